The van der Waals surface area contributed by atoms with E-state index < -0.39 is 17.9 Å². The summed E-state index contributed by atoms with van der Waals surface area (Å²) >= 11 is 0. The fraction of sp³-hybridized carbons (Fsp3) is 0.618. The van der Waals surface area contributed by atoms with E-state index in [1.165, 1.54) is 24.6 Å². The third-order valence-electron chi connectivity index (χ3n) is 9.27. The molecule has 0 aromatic rings. The van der Waals surface area contributed by atoms with Gasteiger partial charge in [0.05, 0.1) is 25.2 Å². The Kier molecular flexibility index (Phi) is 12.0. The van der Waals surface area contributed by atoms with Gasteiger partial charge in [-0.3, -0.25) is 0 Å². The Labute approximate surface area is 255 Å². The topological polar surface area (TPSA) is 107 Å². The molecule has 9 nitrogen and oxygen atoms in total. The summed E-state index contributed by atoms with van der Waals surface area (Å²) in [5, 5.41) is 0. The van der Waals surface area contributed by atoms with Crippen molar-refractivity contribution >= 4 is 17.9 Å². The van der Waals surface area contributed by atoms with E-state index in [9.17, 15) is 14.4 Å². The SMILES string of the molecule is C=CC(=C)OC(C)(C)C1OCC(CC)(COC(=O)C=C)CO1.C=CC(=O)OCC1CC2C3CC(OC(=O)C=C)C(C3)C2C1. The molecule has 6 atom stereocenters. The van der Waals surface area contributed by atoms with Crippen molar-refractivity contribution in [2.24, 2.45) is 35.0 Å². The highest BCUT2D eigenvalue weighted by molar-refractivity contribution is 5.82. The molecule has 0 N–H and O–H groups in total. The zero-order valence-electron chi connectivity index (χ0n) is 25.9. The molecule has 43 heavy (non-hydrogen) atoms. The Morgan fingerprint density at radius 1 is 0.837 bits per heavy atom. The molecule has 0 spiro atoms. The normalized spacial score (nSPS) is 32.2. The number of ether oxygens (including phenoxy) is 6. The van der Waals surface area contributed by atoms with Gasteiger partial charge in [-0.1, -0.05) is 39.8 Å². The monoisotopic (exact) mass is 600 g/mol. The largest absolute Gasteiger partial charge is 0.483 e. The Morgan fingerprint density at radius 2 is 1.44 bits per heavy atom. The average molecular weight is 601 g/mol. The first-order chi connectivity index (χ1) is 20.4. The van der Waals surface area contributed by atoms with E-state index in [0.29, 0.717) is 49.3 Å². The number of rotatable bonds is 13. The van der Waals surface area contributed by atoms with Crippen LogP contribution in [0.15, 0.2) is 63.0 Å². The molecule has 1 saturated heterocycles. The number of hydrogen-bond acceptors (Lipinski definition) is 9. The molecule has 9 heteroatoms. The van der Waals surface area contributed by atoms with E-state index in [1.54, 1.807) is 0 Å². The molecule has 4 rings (SSSR count). The zero-order valence-corrected chi connectivity index (χ0v) is 25.9. The van der Waals surface area contributed by atoms with Crippen LogP contribution < -0.4 is 0 Å². The van der Waals surface area contributed by atoms with Crippen molar-refractivity contribution in [3.8, 4) is 0 Å². The highest BCUT2D eigenvalue weighted by Gasteiger charge is 2.57. The fourth-order valence-electron chi connectivity index (χ4n) is 6.95. The van der Waals surface area contributed by atoms with Gasteiger partial charge >= 0.3 is 17.9 Å². The number of carbonyl (C=O) groups is 3. The molecule has 1 aliphatic heterocycles. The van der Waals surface area contributed by atoms with Gasteiger partial charge in [0.2, 0.25) is 0 Å². The van der Waals surface area contributed by atoms with E-state index in [2.05, 4.69) is 32.9 Å². The molecule has 2 bridgehead atoms. The van der Waals surface area contributed by atoms with Crippen LogP contribution in [0.25, 0.3) is 0 Å². The Morgan fingerprint density at radius 3 is 2.02 bits per heavy atom. The summed E-state index contributed by atoms with van der Waals surface area (Å²) < 4.78 is 33.2. The highest BCUT2D eigenvalue weighted by Crippen LogP contribution is 2.60. The molecular weight excluding hydrogens is 552 g/mol. The Balaban J connectivity index is 0.000000235. The molecule has 3 aliphatic carbocycles. The number of hydrogen-bond donors (Lipinski definition) is 0. The van der Waals surface area contributed by atoms with Crippen molar-refractivity contribution in [1.82, 2.24) is 0 Å². The van der Waals surface area contributed by atoms with Gasteiger partial charge in [-0.25, -0.2) is 14.4 Å². The van der Waals surface area contributed by atoms with Gasteiger partial charge < -0.3 is 28.4 Å². The van der Waals surface area contributed by atoms with Gasteiger partial charge in [0, 0.05) is 18.2 Å². The quantitative estimate of drug-likeness (QED) is 0.0894. The van der Waals surface area contributed by atoms with Crippen molar-refractivity contribution in [1.29, 1.82) is 0 Å². The van der Waals surface area contributed by atoms with Gasteiger partial charge in [-0.2, -0.15) is 0 Å². The zero-order chi connectivity index (χ0) is 31.8. The van der Waals surface area contributed by atoms with Gasteiger partial charge in [0.1, 0.15) is 18.5 Å². The number of carbonyl (C=O) groups excluding carboxylic acids is 3. The predicted molar refractivity (Wildman–Crippen MR) is 161 cm³/mol. The Bertz CT molecular complexity index is 1070. The maximum atomic E-state index is 11.4. The summed E-state index contributed by atoms with van der Waals surface area (Å²) in [6, 6.07) is 0. The minimum Gasteiger partial charge on any atom is -0.483 e. The minimum atomic E-state index is -0.692. The average Bonchev–Trinajstić information content (AvgIpc) is 3.71. The van der Waals surface area contributed by atoms with Gasteiger partial charge in [0.15, 0.2) is 11.9 Å². The first-order valence-electron chi connectivity index (χ1n) is 15.1. The highest BCUT2D eigenvalue weighted by atomic mass is 16.7. The van der Waals surface area contributed by atoms with Crippen LogP contribution in [-0.4, -0.2) is 62.3 Å². The molecule has 0 amide bonds. The maximum Gasteiger partial charge on any atom is 0.330 e. The third-order valence-corrected chi connectivity index (χ3v) is 9.27. The second-order valence-corrected chi connectivity index (χ2v) is 12.6. The van der Waals surface area contributed by atoms with Crippen LogP contribution in [0.4, 0.5) is 0 Å². The molecule has 0 aromatic carbocycles. The lowest BCUT2D eigenvalue weighted by atomic mass is 9.80. The lowest BCUT2D eigenvalue weighted by Crippen LogP contribution is -2.52. The maximum absolute atomic E-state index is 11.4. The van der Waals surface area contributed by atoms with Crippen molar-refractivity contribution < 1.29 is 42.8 Å². The second-order valence-electron chi connectivity index (χ2n) is 12.6. The number of fused-ring (bicyclic) bond motifs is 5. The van der Waals surface area contributed by atoms with Crippen LogP contribution in [-0.2, 0) is 42.8 Å². The summed E-state index contributed by atoms with van der Waals surface area (Å²) in [6.07, 6.45) is 9.84. The lowest BCUT2D eigenvalue weighted by molar-refractivity contribution is -0.292. The fourth-order valence-corrected chi connectivity index (χ4v) is 6.95. The predicted octanol–water partition coefficient (Wildman–Crippen LogP) is 5.48. The van der Waals surface area contributed by atoms with Crippen molar-refractivity contribution in [2.75, 3.05) is 26.4 Å². The summed E-state index contributed by atoms with van der Waals surface area (Å²) in [7, 11) is 0. The van der Waals surface area contributed by atoms with Crippen molar-refractivity contribution in [2.45, 2.75) is 70.9 Å². The van der Waals surface area contributed by atoms with Crippen LogP contribution in [0.5, 0.6) is 0 Å². The van der Waals surface area contributed by atoms with E-state index >= 15 is 0 Å². The summed E-state index contributed by atoms with van der Waals surface area (Å²) in [5.41, 5.74) is -1.04. The van der Waals surface area contributed by atoms with Crippen molar-refractivity contribution in [3.63, 3.8) is 0 Å². The van der Waals surface area contributed by atoms with Gasteiger partial charge in [-0.05, 0) is 81.6 Å². The van der Waals surface area contributed by atoms with Gasteiger partial charge in [-0.15, -0.1) is 0 Å². The number of esters is 3. The Hall–Kier alpha value is -3.17. The minimum absolute atomic E-state index is 0.0659. The molecule has 0 radical (unpaired) electrons. The van der Waals surface area contributed by atoms with E-state index in [4.69, 9.17) is 28.4 Å². The standard InChI is InChI=1S/C17H26O5.C17H22O4/c1-7-13(4)22-16(5,6)15-20-11-17(9-3,12-21-15)10-19-14(18)8-2;1-3-16(18)20-9-10-5-12-11-7-14(13(12)6-10)15(8-11)21-17(19)4-2/h7-8,15H,1-2,4,9-12H2,3,5-6H3;3-4,10-15H,1-2,5-9H2. The molecular formula is C34H48O9. The van der Waals surface area contributed by atoms with E-state index in [1.807, 2.05) is 20.8 Å². The van der Waals surface area contributed by atoms with Crippen LogP contribution in [0.2, 0.25) is 0 Å². The van der Waals surface area contributed by atoms with Crippen molar-refractivity contribution in [3.05, 3.63) is 63.0 Å². The molecule has 6 unspecified atom stereocenters. The first-order valence-corrected chi connectivity index (χ1v) is 15.1. The van der Waals surface area contributed by atoms with Crippen LogP contribution >= 0.6 is 0 Å². The van der Waals surface area contributed by atoms with E-state index in [-0.39, 0.29) is 30.1 Å². The number of allylic oxidation sites excluding steroid dienone is 1. The molecule has 1 heterocycles. The van der Waals surface area contributed by atoms with Crippen LogP contribution in [0, 0.1) is 35.0 Å². The van der Waals surface area contributed by atoms with Crippen LogP contribution in [0.3, 0.4) is 0 Å². The third kappa shape index (κ3) is 8.70. The molecule has 3 saturated carbocycles. The molecule has 4 fully saturated rings. The first kappa shape index (κ1) is 34.3. The van der Waals surface area contributed by atoms with E-state index in [0.717, 1.165) is 37.7 Å². The van der Waals surface area contributed by atoms with Crippen LogP contribution in [0.1, 0.15) is 52.9 Å². The van der Waals surface area contributed by atoms with Gasteiger partial charge in [0.25, 0.3) is 0 Å². The second kappa shape index (κ2) is 15.0. The smallest absolute Gasteiger partial charge is 0.330 e. The lowest BCUT2D eigenvalue weighted by Gasteiger charge is -2.43. The summed E-state index contributed by atoms with van der Waals surface area (Å²) in [5.74, 6) is 2.33. The molecule has 4 aliphatic rings. The molecule has 238 valence electrons. The molecule has 0 aromatic heterocycles. The summed E-state index contributed by atoms with van der Waals surface area (Å²) in [6.45, 7) is 24.9. The summed E-state index contributed by atoms with van der Waals surface area (Å²) in [4.78, 5) is 33.8.